The van der Waals surface area contributed by atoms with Gasteiger partial charge in [-0.1, -0.05) is 33.6 Å². The number of carbonyl (C=O) groups is 1. The molecule has 104 valence electrons. The molecule has 1 aliphatic carbocycles. The molecule has 3 heteroatoms. The fraction of sp³-hybridized carbons (Fsp3) is 0.933. The first-order valence-corrected chi connectivity index (χ1v) is 7.40. The lowest BCUT2D eigenvalue weighted by Gasteiger charge is -2.41. The van der Waals surface area contributed by atoms with Gasteiger partial charge in [0.25, 0.3) is 0 Å². The third-order valence-corrected chi connectivity index (χ3v) is 4.43. The van der Waals surface area contributed by atoms with Crippen LogP contribution in [0.1, 0.15) is 59.3 Å². The maximum absolute atomic E-state index is 12.1. The van der Waals surface area contributed by atoms with Crippen molar-refractivity contribution in [1.82, 2.24) is 5.32 Å². The molecule has 3 atom stereocenters. The van der Waals surface area contributed by atoms with Gasteiger partial charge in [0.2, 0.25) is 5.91 Å². The minimum atomic E-state index is -0.187. The number of ether oxygens (including phenoxy) is 1. The van der Waals surface area contributed by atoms with Crippen molar-refractivity contribution >= 4 is 5.91 Å². The number of hydrogen-bond donors (Lipinski definition) is 1. The van der Waals surface area contributed by atoms with Crippen LogP contribution >= 0.6 is 0 Å². The van der Waals surface area contributed by atoms with Gasteiger partial charge < -0.3 is 10.1 Å². The molecule has 1 heterocycles. The zero-order valence-electron chi connectivity index (χ0n) is 12.0. The molecule has 1 saturated heterocycles. The molecular formula is C15H27NO2. The molecule has 2 aliphatic rings. The van der Waals surface area contributed by atoms with Crippen LogP contribution in [-0.4, -0.2) is 24.7 Å². The highest BCUT2D eigenvalue weighted by molar-refractivity contribution is 5.81. The van der Waals surface area contributed by atoms with Gasteiger partial charge in [0.1, 0.15) is 6.10 Å². The summed E-state index contributed by atoms with van der Waals surface area (Å²) in [5.41, 5.74) is 0.273. The van der Waals surface area contributed by atoms with Crippen molar-refractivity contribution in [3.63, 3.8) is 0 Å². The monoisotopic (exact) mass is 253 g/mol. The van der Waals surface area contributed by atoms with E-state index in [0.717, 1.165) is 25.9 Å². The maximum atomic E-state index is 12.1. The summed E-state index contributed by atoms with van der Waals surface area (Å²) in [6, 6.07) is 0.343. The Morgan fingerprint density at radius 3 is 2.44 bits per heavy atom. The summed E-state index contributed by atoms with van der Waals surface area (Å²) >= 11 is 0. The lowest BCUT2D eigenvalue weighted by molar-refractivity contribution is -0.131. The lowest BCUT2D eigenvalue weighted by Crippen LogP contribution is -2.49. The summed E-state index contributed by atoms with van der Waals surface area (Å²) in [7, 11) is 0. The summed E-state index contributed by atoms with van der Waals surface area (Å²) in [6.07, 6.45) is 6.62. The van der Waals surface area contributed by atoms with E-state index in [1.807, 2.05) is 0 Å². The Hall–Kier alpha value is -0.570. The van der Waals surface area contributed by atoms with Crippen LogP contribution in [0.25, 0.3) is 0 Å². The van der Waals surface area contributed by atoms with Crippen LogP contribution < -0.4 is 5.32 Å². The van der Waals surface area contributed by atoms with Gasteiger partial charge in [-0.3, -0.25) is 4.79 Å². The molecule has 1 amide bonds. The molecule has 1 aliphatic heterocycles. The first kappa shape index (κ1) is 13.9. The Labute approximate surface area is 111 Å². The van der Waals surface area contributed by atoms with Gasteiger partial charge in [-0.05, 0) is 37.0 Å². The third kappa shape index (κ3) is 3.25. The van der Waals surface area contributed by atoms with Crippen molar-refractivity contribution in [2.45, 2.75) is 71.4 Å². The summed E-state index contributed by atoms with van der Waals surface area (Å²) < 4.78 is 5.47. The number of rotatable bonds is 2. The van der Waals surface area contributed by atoms with Gasteiger partial charge in [-0.15, -0.1) is 0 Å². The molecule has 0 aromatic rings. The van der Waals surface area contributed by atoms with E-state index in [9.17, 15) is 4.79 Å². The summed E-state index contributed by atoms with van der Waals surface area (Å²) in [5.74, 6) is 0.713. The van der Waals surface area contributed by atoms with E-state index >= 15 is 0 Å². The number of amides is 1. The quantitative estimate of drug-likeness (QED) is 0.821. The summed E-state index contributed by atoms with van der Waals surface area (Å²) in [5, 5.41) is 3.25. The fourth-order valence-corrected chi connectivity index (χ4v) is 3.40. The SMILES string of the molecule is CC(C)(C)[C@H]1CCCC[C@@H]1NC(=O)[C@@H]1CCCO1. The minimum Gasteiger partial charge on any atom is -0.368 e. The van der Waals surface area contributed by atoms with E-state index < -0.39 is 0 Å². The standard InChI is InChI=1S/C15H27NO2/c1-15(2,3)11-7-4-5-8-12(11)16-14(17)13-9-6-10-18-13/h11-13H,4-10H2,1-3H3,(H,16,17)/t11-,12-,13-/m0/s1. The zero-order valence-corrected chi connectivity index (χ0v) is 12.0. The largest absolute Gasteiger partial charge is 0.368 e. The number of hydrogen-bond acceptors (Lipinski definition) is 2. The second kappa shape index (κ2) is 5.60. The van der Waals surface area contributed by atoms with Crippen LogP contribution in [0.4, 0.5) is 0 Å². The molecule has 0 aromatic carbocycles. The van der Waals surface area contributed by atoms with Crippen molar-refractivity contribution in [1.29, 1.82) is 0 Å². The van der Waals surface area contributed by atoms with Crippen LogP contribution in [0.3, 0.4) is 0 Å². The summed E-state index contributed by atoms with van der Waals surface area (Å²) in [4.78, 5) is 12.1. The van der Waals surface area contributed by atoms with E-state index in [1.165, 1.54) is 19.3 Å². The Kier molecular flexibility index (Phi) is 4.31. The van der Waals surface area contributed by atoms with Gasteiger partial charge in [-0.2, -0.15) is 0 Å². The van der Waals surface area contributed by atoms with Crippen molar-refractivity contribution < 1.29 is 9.53 Å². The van der Waals surface area contributed by atoms with Gasteiger partial charge in [0, 0.05) is 12.6 Å². The van der Waals surface area contributed by atoms with Crippen molar-refractivity contribution in [2.75, 3.05) is 6.61 Å². The Morgan fingerprint density at radius 1 is 1.11 bits per heavy atom. The predicted octanol–water partition coefficient (Wildman–Crippen LogP) is 2.89. The van der Waals surface area contributed by atoms with Gasteiger partial charge >= 0.3 is 0 Å². The van der Waals surface area contributed by atoms with E-state index in [2.05, 4.69) is 26.1 Å². The molecule has 18 heavy (non-hydrogen) atoms. The first-order chi connectivity index (χ1) is 8.48. The Morgan fingerprint density at radius 2 is 1.83 bits per heavy atom. The molecule has 2 fully saturated rings. The minimum absolute atomic E-state index is 0.119. The second-order valence-corrected chi connectivity index (χ2v) is 6.87. The molecule has 0 bridgehead atoms. The van der Waals surface area contributed by atoms with E-state index in [0.29, 0.717) is 12.0 Å². The van der Waals surface area contributed by atoms with Crippen LogP contribution in [0.15, 0.2) is 0 Å². The molecule has 0 spiro atoms. The van der Waals surface area contributed by atoms with Crippen molar-refractivity contribution in [2.24, 2.45) is 11.3 Å². The highest BCUT2D eigenvalue weighted by Gasteiger charge is 2.36. The molecule has 1 N–H and O–H groups in total. The van der Waals surface area contributed by atoms with Crippen LogP contribution in [-0.2, 0) is 9.53 Å². The molecule has 1 saturated carbocycles. The predicted molar refractivity (Wildman–Crippen MR) is 72.3 cm³/mol. The molecular weight excluding hydrogens is 226 g/mol. The molecule has 2 rings (SSSR count). The lowest BCUT2D eigenvalue weighted by atomic mass is 9.69. The van der Waals surface area contributed by atoms with E-state index in [-0.39, 0.29) is 17.4 Å². The number of carbonyl (C=O) groups excluding carboxylic acids is 1. The average molecular weight is 253 g/mol. The van der Waals surface area contributed by atoms with Gasteiger partial charge in [0.05, 0.1) is 0 Å². The molecule has 0 aromatic heterocycles. The number of nitrogens with one attached hydrogen (secondary N) is 1. The Balaban J connectivity index is 1.94. The second-order valence-electron chi connectivity index (χ2n) is 6.87. The van der Waals surface area contributed by atoms with Crippen LogP contribution in [0, 0.1) is 11.3 Å². The van der Waals surface area contributed by atoms with Gasteiger partial charge in [0.15, 0.2) is 0 Å². The Bertz CT molecular complexity index is 289. The highest BCUT2D eigenvalue weighted by Crippen LogP contribution is 2.38. The molecule has 0 radical (unpaired) electrons. The third-order valence-electron chi connectivity index (χ3n) is 4.43. The van der Waals surface area contributed by atoms with E-state index in [1.54, 1.807) is 0 Å². The fourth-order valence-electron chi connectivity index (χ4n) is 3.40. The van der Waals surface area contributed by atoms with Gasteiger partial charge in [-0.25, -0.2) is 0 Å². The molecule has 3 nitrogen and oxygen atoms in total. The smallest absolute Gasteiger partial charge is 0.249 e. The highest BCUT2D eigenvalue weighted by atomic mass is 16.5. The first-order valence-electron chi connectivity index (χ1n) is 7.40. The molecule has 0 unspecified atom stereocenters. The van der Waals surface area contributed by atoms with E-state index in [4.69, 9.17) is 4.74 Å². The van der Waals surface area contributed by atoms with Crippen molar-refractivity contribution in [3.8, 4) is 0 Å². The van der Waals surface area contributed by atoms with Crippen molar-refractivity contribution in [3.05, 3.63) is 0 Å². The summed E-state index contributed by atoms with van der Waals surface area (Å²) in [6.45, 7) is 7.60. The van der Waals surface area contributed by atoms with Crippen LogP contribution in [0.2, 0.25) is 0 Å². The topological polar surface area (TPSA) is 38.3 Å². The maximum Gasteiger partial charge on any atom is 0.249 e. The average Bonchev–Trinajstić information content (AvgIpc) is 2.81. The van der Waals surface area contributed by atoms with Crippen LogP contribution in [0.5, 0.6) is 0 Å². The zero-order chi connectivity index (χ0) is 13.2. The normalized spacial score (nSPS) is 33.4.